The molecule has 1 spiro atoms. The fourth-order valence-electron chi connectivity index (χ4n) is 2.88. The van der Waals surface area contributed by atoms with E-state index in [-0.39, 0.29) is 24.0 Å². The van der Waals surface area contributed by atoms with E-state index in [1.165, 1.54) is 25.7 Å². The van der Waals surface area contributed by atoms with Crippen molar-refractivity contribution in [1.29, 1.82) is 0 Å². The van der Waals surface area contributed by atoms with Gasteiger partial charge in [-0.25, -0.2) is 0 Å². The first kappa shape index (κ1) is 14.4. The van der Waals surface area contributed by atoms with E-state index in [4.69, 9.17) is 4.74 Å². The van der Waals surface area contributed by atoms with Gasteiger partial charge in [0.15, 0.2) is 5.96 Å². The van der Waals surface area contributed by atoms with E-state index < -0.39 is 0 Å². The molecule has 4 nitrogen and oxygen atoms in total. The van der Waals surface area contributed by atoms with Crippen LogP contribution in [0.15, 0.2) is 4.99 Å². The third kappa shape index (κ3) is 3.10. The minimum Gasteiger partial charge on any atom is -0.381 e. The van der Waals surface area contributed by atoms with Crippen molar-refractivity contribution in [3.63, 3.8) is 0 Å². The number of guanidine groups is 1. The van der Waals surface area contributed by atoms with E-state index in [0.717, 1.165) is 38.8 Å². The summed E-state index contributed by atoms with van der Waals surface area (Å²) in [6, 6.07) is 0.691. The van der Waals surface area contributed by atoms with Gasteiger partial charge in [0, 0.05) is 37.7 Å². The monoisotopic (exact) mass is 365 g/mol. The Labute approximate surface area is 127 Å². The number of nitrogens with zero attached hydrogens (tertiary/aromatic N) is 2. The molecule has 1 N–H and O–H groups in total. The Kier molecular flexibility index (Phi) is 4.75. The molecular weight excluding hydrogens is 341 g/mol. The van der Waals surface area contributed by atoms with Crippen molar-refractivity contribution in [3.05, 3.63) is 0 Å². The number of aliphatic imine (C=N–C) groups is 1. The molecular formula is C13H24IN3O. The number of ether oxygens (including phenoxy) is 1. The summed E-state index contributed by atoms with van der Waals surface area (Å²) in [5.41, 5.74) is 0.430. The first-order valence-corrected chi connectivity index (χ1v) is 6.95. The summed E-state index contributed by atoms with van der Waals surface area (Å²) >= 11 is 0. The Morgan fingerprint density at radius 2 is 2.28 bits per heavy atom. The minimum atomic E-state index is 0. The van der Waals surface area contributed by atoms with Crippen LogP contribution in [0.25, 0.3) is 0 Å². The molecule has 0 bridgehead atoms. The molecule has 1 saturated carbocycles. The summed E-state index contributed by atoms with van der Waals surface area (Å²) < 4.78 is 5.58. The molecule has 0 radical (unpaired) electrons. The summed E-state index contributed by atoms with van der Waals surface area (Å²) in [5.74, 6) is 1.14. The Balaban J connectivity index is 0.00000120. The second-order valence-electron chi connectivity index (χ2n) is 5.69. The highest BCUT2D eigenvalue weighted by atomic mass is 127. The van der Waals surface area contributed by atoms with Gasteiger partial charge >= 0.3 is 0 Å². The van der Waals surface area contributed by atoms with E-state index in [0.29, 0.717) is 11.5 Å². The van der Waals surface area contributed by atoms with Gasteiger partial charge in [-0.2, -0.15) is 0 Å². The number of hydrogen-bond donors (Lipinski definition) is 1. The number of rotatable bonds is 2. The average Bonchev–Trinajstić information content (AvgIpc) is 2.90. The largest absolute Gasteiger partial charge is 0.381 e. The Hall–Kier alpha value is -0.0400. The maximum absolute atomic E-state index is 5.58. The molecule has 0 aromatic carbocycles. The zero-order valence-electron chi connectivity index (χ0n) is 11.2. The van der Waals surface area contributed by atoms with Crippen LogP contribution in [0, 0.1) is 5.41 Å². The van der Waals surface area contributed by atoms with Crippen molar-refractivity contribution in [2.24, 2.45) is 10.4 Å². The fraction of sp³-hybridized carbons (Fsp3) is 0.923. The molecule has 104 valence electrons. The summed E-state index contributed by atoms with van der Waals surface area (Å²) in [6.45, 7) is 7.15. The smallest absolute Gasteiger partial charge is 0.194 e. The summed E-state index contributed by atoms with van der Waals surface area (Å²) in [6.07, 6.45) is 5.12. The Bertz CT molecular complexity index is 311. The predicted molar refractivity (Wildman–Crippen MR) is 83.6 cm³/mol. The molecule has 3 aliphatic rings. The SMILES string of the molecule is CCN=C(NC1CC1)N1CCC2(CCOC2)C1.I. The minimum absolute atomic E-state index is 0. The lowest BCUT2D eigenvalue weighted by molar-refractivity contribution is 0.156. The van der Waals surface area contributed by atoms with Gasteiger partial charge in [-0.15, -0.1) is 24.0 Å². The zero-order valence-corrected chi connectivity index (χ0v) is 13.5. The van der Waals surface area contributed by atoms with Gasteiger partial charge in [0.05, 0.1) is 6.61 Å². The molecule has 18 heavy (non-hydrogen) atoms. The van der Waals surface area contributed by atoms with E-state index in [2.05, 4.69) is 22.1 Å². The van der Waals surface area contributed by atoms with E-state index in [9.17, 15) is 0 Å². The maximum Gasteiger partial charge on any atom is 0.194 e. The van der Waals surface area contributed by atoms with Crippen LogP contribution < -0.4 is 5.32 Å². The third-order valence-corrected chi connectivity index (χ3v) is 4.14. The predicted octanol–water partition coefficient (Wildman–Crippen LogP) is 1.84. The lowest BCUT2D eigenvalue weighted by Crippen LogP contribution is -2.42. The van der Waals surface area contributed by atoms with Gasteiger partial charge in [0.1, 0.15) is 0 Å². The molecule has 2 aliphatic heterocycles. The van der Waals surface area contributed by atoms with Crippen LogP contribution >= 0.6 is 24.0 Å². The molecule has 3 rings (SSSR count). The molecule has 0 aromatic rings. The molecule has 1 atom stereocenters. The highest BCUT2D eigenvalue weighted by Gasteiger charge is 2.42. The molecule has 2 saturated heterocycles. The van der Waals surface area contributed by atoms with Gasteiger partial charge in [0.25, 0.3) is 0 Å². The van der Waals surface area contributed by atoms with Crippen LogP contribution in [0.4, 0.5) is 0 Å². The summed E-state index contributed by atoms with van der Waals surface area (Å²) in [4.78, 5) is 7.07. The van der Waals surface area contributed by atoms with Gasteiger partial charge in [-0.1, -0.05) is 0 Å². The number of halogens is 1. The molecule has 2 heterocycles. The fourth-order valence-corrected chi connectivity index (χ4v) is 2.88. The molecule has 5 heteroatoms. The van der Waals surface area contributed by atoms with Crippen molar-refractivity contribution < 1.29 is 4.74 Å². The Morgan fingerprint density at radius 1 is 1.44 bits per heavy atom. The van der Waals surface area contributed by atoms with Crippen LogP contribution in [0.3, 0.4) is 0 Å². The Morgan fingerprint density at radius 3 is 2.89 bits per heavy atom. The second-order valence-corrected chi connectivity index (χ2v) is 5.69. The maximum atomic E-state index is 5.58. The van der Waals surface area contributed by atoms with Crippen molar-refractivity contribution in [3.8, 4) is 0 Å². The van der Waals surface area contributed by atoms with Crippen LogP contribution in [0.1, 0.15) is 32.6 Å². The van der Waals surface area contributed by atoms with Crippen molar-refractivity contribution >= 4 is 29.9 Å². The quantitative estimate of drug-likeness (QED) is 0.461. The normalized spacial score (nSPS) is 31.8. The lowest BCUT2D eigenvalue weighted by atomic mass is 9.87. The van der Waals surface area contributed by atoms with Crippen LogP contribution in [-0.2, 0) is 4.74 Å². The van der Waals surface area contributed by atoms with Gasteiger partial charge in [-0.3, -0.25) is 4.99 Å². The van der Waals surface area contributed by atoms with E-state index in [1.54, 1.807) is 0 Å². The first-order valence-electron chi connectivity index (χ1n) is 6.95. The summed E-state index contributed by atoms with van der Waals surface area (Å²) in [5, 5.41) is 3.58. The zero-order chi connectivity index (χ0) is 11.7. The van der Waals surface area contributed by atoms with Gasteiger partial charge in [-0.05, 0) is 32.6 Å². The standard InChI is InChI=1S/C13H23N3O.HI/c1-2-14-12(15-11-3-4-11)16-7-5-13(9-16)6-8-17-10-13;/h11H,2-10H2,1H3,(H,14,15);1H. The number of nitrogens with one attached hydrogen (secondary N) is 1. The average molecular weight is 365 g/mol. The molecule has 1 unspecified atom stereocenters. The molecule has 3 fully saturated rings. The van der Waals surface area contributed by atoms with Crippen molar-refractivity contribution in [1.82, 2.24) is 10.2 Å². The summed E-state index contributed by atoms with van der Waals surface area (Å²) in [7, 11) is 0. The van der Waals surface area contributed by atoms with Crippen molar-refractivity contribution in [2.45, 2.75) is 38.6 Å². The molecule has 1 aliphatic carbocycles. The van der Waals surface area contributed by atoms with Crippen molar-refractivity contribution in [2.75, 3.05) is 32.8 Å². The van der Waals surface area contributed by atoms with E-state index >= 15 is 0 Å². The topological polar surface area (TPSA) is 36.9 Å². The van der Waals surface area contributed by atoms with Crippen LogP contribution in [0.5, 0.6) is 0 Å². The first-order chi connectivity index (χ1) is 8.31. The third-order valence-electron chi connectivity index (χ3n) is 4.14. The van der Waals surface area contributed by atoms with E-state index in [1.807, 2.05) is 0 Å². The van der Waals surface area contributed by atoms with Gasteiger partial charge < -0.3 is 15.0 Å². The number of hydrogen-bond acceptors (Lipinski definition) is 2. The van der Waals surface area contributed by atoms with Gasteiger partial charge in [0.2, 0.25) is 0 Å². The molecule has 0 amide bonds. The number of likely N-dealkylation sites (tertiary alicyclic amines) is 1. The van der Waals surface area contributed by atoms with Crippen LogP contribution in [0.2, 0.25) is 0 Å². The molecule has 0 aromatic heterocycles. The second kappa shape index (κ2) is 5.94. The lowest BCUT2D eigenvalue weighted by Gasteiger charge is -2.25. The van der Waals surface area contributed by atoms with Crippen LogP contribution in [-0.4, -0.2) is 49.7 Å². The highest BCUT2D eigenvalue weighted by Crippen LogP contribution is 2.38. The highest BCUT2D eigenvalue weighted by molar-refractivity contribution is 14.0.